The van der Waals surface area contributed by atoms with Gasteiger partial charge in [-0.3, -0.25) is 0 Å². The van der Waals surface area contributed by atoms with Gasteiger partial charge in [0.25, 0.3) is 0 Å². The molecule has 3 rings (SSSR count). The van der Waals surface area contributed by atoms with Gasteiger partial charge in [0.1, 0.15) is 5.75 Å². The Hall–Kier alpha value is -1.61. The van der Waals surface area contributed by atoms with Crippen LogP contribution >= 0.6 is 15.9 Å². The molecule has 4 nitrogen and oxygen atoms in total. The lowest BCUT2D eigenvalue weighted by Gasteiger charge is -2.41. The van der Waals surface area contributed by atoms with Crippen LogP contribution in [0.15, 0.2) is 46.9 Å². The van der Waals surface area contributed by atoms with Gasteiger partial charge >= 0.3 is 6.18 Å². The van der Waals surface area contributed by atoms with Gasteiger partial charge in [-0.15, -0.1) is 0 Å². The Morgan fingerprint density at radius 3 is 2.25 bits per heavy atom. The lowest BCUT2D eigenvalue weighted by Crippen LogP contribution is -2.57. The summed E-state index contributed by atoms with van der Waals surface area (Å²) in [6, 6.07) is 12.1. The number of benzene rings is 2. The molecule has 2 aromatic rings. The number of alkyl halides is 3. The number of ether oxygens (including phenoxy) is 3. The summed E-state index contributed by atoms with van der Waals surface area (Å²) in [5.74, 6) is -0.839. The van der Waals surface area contributed by atoms with E-state index < -0.39 is 23.1 Å². The molecule has 0 saturated carbocycles. The van der Waals surface area contributed by atoms with E-state index in [2.05, 4.69) is 15.9 Å². The maximum absolute atomic E-state index is 13.6. The zero-order chi connectivity index (χ0) is 23.4. The van der Waals surface area contributed by atoms with Crippen LogP contribution in [0.3, 0.4) is 0 Å². The van der Waals surface area contributed by atoms with E-state index >= 15 is 0 Å². The first kappa shape index (κ1) is 25.0. The van der Waals surface area contributed by atoms with Crippen LogP contribution in [0.2, 0.25) is 0 Å². The Balaban J connectivity index is 1.58. The van der Waals surface area contributed by atoms with Gasteiger partial charge in [-0.25, -0.2) is 0 Å². The molecule has 1 fully saturated rings. The summed E-state index contributed by atoms with van der Waals surface area (Å²) in [5.41, 5.74) is 6.49. The molecule has 0 atom stereocenters. The van der Waals surface area contributed by atoms with Crippen molar-refractivity contribution >= 4 is 15.9 Å². The van der Waals surface area contributed by atoms with E-state index in [9.17, 15) is 13.2 Å². The monoisotopic (exact) mass is 515 g/mol. The average Bonchev–Trinajstić information content (AvgIpc) is 2.73. The molecule has 0 bridgehead atoms. The number of halogens is 4. The molecule has 0 radical (unpaired) electrons. The number of nitrogens with two attached hydrogens (primary N) is 1. The molecule has 2 N–H and O–H groups in total. The van der Waals surface area contributed by atoms with Crippen LogP contribution < -0.4 is 10.5 Å². The molecule has 8 heteroatoms. The first-order valence-electron chi connectivity index (χ1n) is 10.6. The number of aryl methyl sites for hydroxylation is 2. The van der Waals surface area contributed by atoms with Gasteiger partial charge in [0.05, 0.1) is 30.9 Å². The van der Waals surface area contributed by atoms with Crippen LogP contribution in [0.5, 0.6) is 5.75 Å². The Morgan fingerprint density at radius 1 is 1.00 bits per heavy atom. The zero-order valence-electron chi connectivity index (χ0n) is 18.3. The molecule has 0 spiro atoms. The lowest BCUT2D eigenvalue weighted by molar-refractivity contribution is -0.267. The van der Waals surface area contributed by atoms with Crippen molar-refractivity contribution in [1.29, 1.82) is 0 Å². The highest BCUT2D eigenvalue weighted by molar-refractivity contribution is 9.10. The molecule has 2 aromatic carbocycles. The fourth-order valence-electron chi connectivity index (χ4n) is 3.45. The third-order valence-electron chi connectivity index (χ3n) is 5.46. The molecule has 1 aliphatic rings. The molecular weight excluding hydrogens is 487 g/mol. The maximum atomic E-state index is 13.6. The SMILES string of the molecule is CC1(C)OCC(N)(CCc2ccc(OCCCc3ccc(Br)cc3)c(C(F)(F)F)c2)CO1. The molecule has 1 saturated heterocycles. The van der Waals surface area contributed by atoms with Crippen LogP contribution in [-0.2, 0) is 28.5 Å². The van der Waals surface area contributed by atoms with E-state index in [1.165, 1.54) is 6.07 Å². The minimum atomic E-state index is -4.50. The highest BCUT2D eigenvalue weighted by Gasteiger charge is 2.38. The minimum absolute atomic E-state index is 0.148. The van der Waals surface area contributed by atoms with Crippen LogP contribution in [-0.4, -0.2) is 31.1 Å². The molecule has 32 heavy (non-hydrogen) atoms. The first-order chi connectivity index (χ1) is 15.0. The molecule has 0 unspecified atom stereocenters. The predicted molar refractivity (Wildman–Crippen MR) is 121 cm³/mol. The maximum Gasteiger partial charge on any atom is 0.419 e. The second kappa shape index (κ2) is 10.1. The third kappa shape index (κ3) is 7.20. The molecule has 1 heterocycles. The Labute approximate surface area is 195 Å². The Kier molecular flexibility index (Phi) is 7.91. The van der Waals surface area contributed by atoms with Crippen molar-refractivity contribution in [2.75, 3.05) is 19.8 Å². The lowest BCUT2D eigenvalue weighted by atomic mass is 9.92. The Bertz CT molecular complexity index is 890. The van der Waals surface area contributed by atoms with Gasteiger partial charge < -0.3 is 19.9 Å². The first-order valence-corrected chi connectivity index (χ1v) is 11.4. The summed E-state index contributed by atoms with van der Waals surface area (Å²) in [6.07, 6.45) is -2.32. The van der Waals surface area contributed by atoms with Crippen molar-refractivity contribution in [2.24, 2.45) is 5.73 Å². The van der Waals surface area contributed by atoms with E-state index in [0.717, 1.165) is 22.5 Å². The zero-order valence-corrected chi connectivity index (χ0v) is 19.9. The summed E-state index contributed by atoms with van der Waals surface area (Å²) in [5, 5.41) is 0. The standard InChI is InChI=1S/C24H29BrF3NO3/c1-22(2)31-15-23(29,16-32-22)12-11-18-7-10-21(20(14-18)24(26,27)28)30-13-3-4-17-5-8-19(25)9-6-17/h5-10,14H,3-4,11-13,15-16,29H2,1-2H3. The summed E-state index contributed by atoms with van der Waals surface area (Å²) in [4.78, 5) is 0. The van der Waals surface area contributed by atoms with Gasteiger partial charge in [-0.2, -0.15) is 13.2 Å². The molecule has 0 aliphatic carbocycles. The number of rotatable bonds is 8. The van der Waals surface area contributed by atoms with Gasteiger partial charge in [0, 0.05) is 4.47 Å². The van der Waals surface area contributed by atoms with Crippen molar-refractivity contribution in [3.05, 3.63) is 63.6 Å². The Morgan fingerprint density at radius 2 is 1.62 bits per heavy atom. The normalized spacial score (nSPS) is 17.8. The van der Waals surface area contributed by atoms with Crippen molar-refractivity contribution in [3.8, 4) is 5.75 Å². The summed E-state index contributed by atoms with van der Waals surface area (Å²) in [7, 11) is 0. The number of hydrogen-bond donors (Lipinski definition) is 1. The molecular formula is C24H29BrF3NO3. The highest BCUT2D eigenvalue weighted by Crippen LogP contribution is 2.37. The van der Waals surface area contributed by atoms with Crippen molar-refractivity contribution in [2.45, 2.75) is 57.0 Å². The largest absolute Gasteiger partial charge is 0.493 e. The van der Waals surface area contributed by atoms with E-state index in [4.69, 9.17) is 19.9 Å². The van der Waals surface area contributed by atoms with Crippen LogP contribution in [0, 0.1) is 0 Å². The van der Waals surface area contributed by atoms with E-state index in [0.29, 0.717) is 38.0 Å². The van der Waals surface area contributed by atoms with Gasteiger partial charge in [-0.05, 0) is 74.9 Å². The van der Waals surface area contributed by atoms with Gasteiger partial charge in [-0.1, -0.05) is 34.1 Å². The number of hydrogen-bond acceptors (Lipinski definition) is 4. The van der Waals surface area contributed by atoms with E-state index in [1.807, 2.05) is 24.3 Å². The van der Waals surface area contributed by atoms with Crippen molar-refractivity contribution < 1.29 is 27.4 Å². The van der Waals surface area contributed by atoms with E-state index in [-0.39, 0.29) is 12.4 Å². The van der Waals surface area contributed by atoms with E-state index in [1.54, 1.807) is 19.9 Å². The fourth-order valence-corrected chi connectivity index (χ4v) is 3.71. The highest BCUT2D eigenvalue weighted by atomic mass is 79.9. The fraction of sp³-hybridized carbons (Fsp3) is 0.500. The quantitative estimate of drug-likeness (QED) is 0.445. The van der Waals surface area contributed by atoms with Crippen molar-refractivity contribution in [3.63, 3.8) is 0 Å². The average molecular weight is 516 g/mol. The summed E-state index contributed by atoms with van der Waals surface area (Å²) < 4.78 is 58.7. The molecule has 0 aromatic heterocycles. The van der Waals surface area contributed by atoms with Crippen LogP contribution in [0.25, 0.3) is 0 Å². The molecule has 176 valence electrons. The van der Waals surface area contributed by atoms with Gasteiger partial charge in [0.15, 0.2) is 5.79 Å². The molecule has 0 amide bonds. The molecule has 1 aliphatic heterocycles. The smallest absolute Gasteiger partial charge is 0.419 e. The van der Waals surface area contributed by atoms with Gasteiger partial charge in [0.2, 0.25) is 0 Å². The van der Waals surface area contributed by atoms with Crippen molar-refractivity contribution in [1.82, 2.24) is 0 Å². The second-order valence-electron chi connectivity index (χ2n) is 8.75. The summed E-state index contributed by atoms with van der Waals surface area (Å²) in [6.45, 7) is 4.41. The predicted octanol–water partition coefficient (Wildman–Crippen LogP) is 5.89. The minimum Gasteiger partial charge on any atom is -0.493 e. The second-order valence-corrected chi connectivity index (χ2v) is 9.66. The van der Waals surface area contributed by atoms with Crippen LogP contribution in [0.4, 0.5) is 13.2 Å². The third-order valence-corrected chi connectivity index (χ3v) is 5.98. The topological polar surface area (TPSA) is 53.7 Å². The van der Waals surface area contributed by atoms with Crippen LogP contribution in [0.1, 0.15) is 43.4 Å². The summed E-state index contributed by atoms with van der Waals surface area (Å²) >= 11 is 3.38.